The number of hydrogen-bond donors (Lipinski definition) is 0. The molecular weight excluding hydrogens is 273 g/mol. The minimum absolute atomic E-state index is 0.0433. The fraction of sp³-hybridized carbons (Fsp3) is 0.385. The van der Waals surface area contributed by atoms with Crippen LogP contribution in [0.15, 0.2) is 30.4 Å². The van der Waals surface area contributed by atoms with E-state index in [4.69, 9.17) is 23.2 Å². The average molecular weight is 284 g/mol. The lowest BCUT2D eigenvalue weighted by atomic mass is 9.83. The topological polar surface area (TPSA) is 43.1 Å². The molecule has 0 amide bonds. The number of fused-ring (bicyclic) bond motifs is 2. The zero-order valence-corrected chi connectivity index (χ0v) is 10.9. The Morgan fingerprint density at radius 3 is 2.61 bits per heavy atom. The van der Waals surface area contributed by atoms with Crippen molar-refractivity contribution in [3.63, 3.8) is 0 Å². The summed E-state index contributed by atoms with van der Waals surface area (Å²) in [5.41, 5.74) is 0.847. The monoisotopic (exact) mass is 283 g/mol. The first-order valence-electron chi connectivity index (χ1n) is 5.84. The van der Waals surface area contributed by atoms with Crippen molar-refractivity contribution in [2.75, 3.05) is 0 Å². The molecule has 1 aromatic rings. The first kappa shape index (κ1) is 12.0. The Morgan fingerprint density at radius 1 is 1.22 bits per heavy atom. The van der Waals surface area contributed by atoms with E-state index in [0.717, 1.165) is 12.0 Å². The van der Waals surface area contributed by atoms with Gasteiger partial charge in [0.15, 0.2) is 0 Å². The summed E-state index contributed by atoms with van der Waals surface area (Å²) in [6.45, 7) is 0. The Hall–Kier alpha value is -1.06. The fourth-order valence-electron chi connectivity index (χ4n) is 3.27. The molecule has 3 rings (SSSR count). The van der Waals surface area contributed by atoms with Crippen molar-refractivity contribution < 1.29 is 4.92 Å². The van der Waals surface area contributed by atoms with Gasteiger partial charge in [0.05, 0.1) is 5.92 Å². The van der Waals surface area contributed by atoms with Gasteiger partial charge in [0.25, 0.3) is 0 Å². The van der Waals surface area contributed by atoms with Gasteiger partial charge in [-0.2, -0.15) is 0 Å². The summed E-state index contributed by atoms with van der Waals surface area (Å²) in [5, 5.41) is 12.3. The molecule has 2 bridgehead atoms. The lowest BCUT2D eigenvalue weighted by Crippen LogP contribution is -2.31. The van der Waals surface area contributed by atoms with Gasteiger partial charge >= 0.3 is 0 Å². The maximum absolute atomic E-state index is 11.3. The van der Waals surface area contributed by atoms with E-state index >= 15 is 0 Å². The summed E-state index contributed by atoms with van der Waals surface area (Å²) in [6.07, 6.45) is 4.91. The van der Waals surface area contributed by atoms with Gasteiger partial charge in [-0.3, -0.25) is 10.1 Å². The standard InChI is InChI=1S/C13H11Cl2NO2/c14-9-3-4-10(11(15)6-9)12-7-1-2-8(5-7)13(12)16(17)18/h1-4,6-8,12-13H,5H2/t7?,8?,12-,13?/m0/s1. The second-order valence-electron chi connectivity index (χ2n) is 4.92. The molecule has 3 unspecified atom stereocenters. The molecule has 0 radical (unpaired) electrons. The number of allylic oxidation sites excluding steroid dienone is 1. The number of halogens is 2. The number of hydrogen-bond acceptors (Lipinski definition) is 2. The first-order valence-corrected chi connectivity index (χ1v) is 6.60. The van der Waals surface area contributed by atoms with Crippen molar-refractivity contribution in [3.8, 4) is 0 Å². The maximum atomic E-state index is 11.3. The maximum Gasteiger partial charge on any atom is 0.226 e. The molecule has 0 aromatic heterocycles. The van der Waals surface area contributed by atoms with E-state index in [0.29, 0.717) is 10.0 Å². The normalized spacial score (nSPS) is 33.0. The third-order valence-electron chi connectivity index (χ3n) is 3.98. The Labute approximate surface area is 115 Å². The van der Waals surface area contributed by atoms with Crippen molar-refractivity contribution in [3.05, 3.63) is 56.1 Å². The molecule has 0 N–H and O–H groups in total. The van der Waals surface area contributed by atoms with Gasteiger partial charge in [0.2, 0.25) is 6.04 Å². The minimum Gasteiger partial charge on any atom is -0.264 e. The highest BCUT2D eigenvalue weighted by Crippen LogP contribution is 2.51. The molecule has 18 heavy (non-hydrogen) atoms. The summed E-state index contributed by atoms with van der Waals surface area (Å²) in [6, 6.07) is 4.67. The van der Waals surface area contributed by atoms with Crippen molar-refractivity contribution in [2.24, 2.45) is 11.8 Å². The van der Waals surface area contributed by atoms with Crippen LogP contribution >= 0.6 is 23.2 Å². The molecule has 5 heteroatoms. The van der Waals surface area contributed by atoms with Crippen molar-refractivity contribution in [1.29, 1.82) is 0 Å². The van der Waals surface area contributed by atoms with Crippen LogP contribution in [0.4, 0.5) is 0 Å². The van der Waals surface area contributed by atoms with Gasteiger partial charge < -0.3 is 0 Å². The predicted molar refractivity (Wildman–Crippen MR) is 70.7 cm³/mol. The average Bonchev–Trinajstić information content (AvgIpc) is 2.88. The highest BCUT2D eigenvalue weighted by atomic mass is 35.5. The van der Waals surface area contributed by atoms with Gasteiger partial charge in [-0.05, 0) is 30.0 Å². The van der Waals surface area contributed by atoms with E-state index in [2.05, 4.69) is 6.08 Å². The smallest absolute Gasteiger partial charge is 0.226 e. The zero-order chi connectivity index (χ0) is 12.9. The largest absolute Gasteiger partial charge is 0.264 e. The van der Waals surface area contributed by atoms with Crippen LogP contribution in [0.2, 0.25) is 10.0 Å². The molecule has 0 spiro atoms. The van der Waals surface area contributed by atoms with Gasteiger partial charge in [-0.15, -0.1) is 0 Å². The molecule has 1 aromatic carbocycles. The van der Waals surface area contributed by atoms with E-state index in [1.165, 1.54) is 0 Å². The number of nitro groups is 1. The molecule has 2 aliphatic carbocycles. The molecule has 1 saturated carbocycles. The Morgan fingerprint density at radius 2 is 1.94 bits per heavy atom. The molecule has 0 heterocycles. The molecule has 94 valence electrons. The summed E-state index contributed by atoms with van der Waals surface area (Å²) < 4.78 is 0. The first-order chi connectivity index (χ1) is 8.58. The van der Waals surface area contributed by atoms with Crippen LogP contribution in [-0.2, 0) is 0 Å². The van der Waals surface area contributed by atoms with Crippen molar-refractivity contribution >= 4 is 23.2 Å². The molecule has 4 atom stereocenters. The molecule has 0 saturated heterocycles. The SMILES string of the molecule is O=[N+]([O-])C1C2C=CC(C2)[C@H]1c1ccc(Cl)cc1Cl. The van der Waals surface area contributed by atoms with E-state index in [-0.39, 0.29) is 22.7 Å². The summed E-state index contributed by atoms with van der Waals surface area (Å²) in [7, 11) is 0. The van der Waals surface area contributed by atoms with Crippen LogP contribution in [0, 0.1) is 22.0 Å². The Kier molecular flexibility index (Phi) is 2.83. The number of benzene rings is 1. The van der Waals surface area contributed by atoms with Crippen molar-refractivity contribution in [1.82, 2.24) is 0 Å². The zero-order valence-electron chi connectivity index (χ0n) is 9.42. The van der Waals surface area contributed by atoms with Crippen LogP contribution in [0.25, 0.3) is 0 Å². The Bertz CT molecular complexity index is 544. The van der Waals surface area contributed by atoms with Crippen molar-refractivity contribution in [2.45, 2.75) is 18.4 Å². The second kappa shape index (κ2) is 4.25. The number of rotatable bonds is 2. The van der Waals surface area contributed by atoms with Crippen LogP contribution in [0.5, 0.6) is 0 Å². The highest BCUT2D eigenvalue weighted by Gasteiger charge is 2.52. The van der Waals surface area contributed by atoms with Crippen LogP contribution < -0.4 is 0 Å². The van der Waals surface area contributed by atoms with Crippen LogP contribution in [0.1, 0.15) is 17.9 Å². The van der Waals surface area contributed by atoms with E-state index in [1.54, 1.807) is 12.1 Å². The van der Waals surface area contributed by atoms with Gasteiger partial charge in [-0.25, -0.2) is 0 Å². The highest BCUT2D eigenvalue weighted by molar-refractivity contribution is 6.35. The lowest BCUT2D eigenvalue weighted by Gasteiger charge is -2.23. The van der Waals surface area contributed by atoms with Gasteiger partial charge in [0, 0.05) is 20.9 Å². The fourth-order valence-corrected chi connectivity index (χ4v) is 3.80. The quantitative estimate of drug-likeness (QED) is 0.469. The summed E-state index contributed by atoms with van der Waals surface area (Å²) >= 11 is 12.1. The molecule has 0 aliphatic heterocycles. The van der Waals surface area contributed by atoms with Gasteiger partial charge in [0.1, 0.15) is 0 Å². The summed E-state index contributed by atoms with van der Waals surface area (Å²) in [5.74, 6) is 0.144. The third-order valence-corrected chi connectivity index (χ3v) is 4.55. The molecule has 1 fully saturated rings. The predicted octanol–water partition coefficient (Wildman–Crippen LogP) is 3.93. The van der Waals surface area contributed by atoms with Crippen LogP contribution in [0.3, 0.4) is 0 Å². The second-order valence-corrected chi connectivity index (χ2v) is 5.76. The molecular formula is C13H11Cl2NO2. The summed E-state index contributed by atoms with van der Waals surface area (Å²) in [4.78, 5) is 11.1. The van der Waals surface area contributed by atoms with E-state index in [1.807, 2.05) is 12.1 Å². The third kappa shape index (κ3) is 1.73. The molecule has 2 aliphatic rings. The Balaban J connectivity index is 2.05. The lowest BCUT2D eigenvalue weighted by molar-refractivity contribution is -0.530. The van der Waals surface area contributed by atoms with Crippen LogP contribution in [-0.4, -0.2) is 11.0 Å². The number of nitrogens with zero attached hydrogens (tertiary/aromatic N) is 1. The van der Waals surface area contributed by atoms with Gasteiger partial charge in [-0.1, -0.05) is 41.4 Å². The van der Waals surface area contributed by atoms with E-state index < -0.39 is 6.04 Å². The van der Waals surface area contributed by atoms with E-state index in [9.17, 15) is 10.1 Å². The minimum atomic E-state index is -0.557. The molecule has 3 nitrogen and oxygen atoms in total.